The monoisotopic (exact) mass is 280 g/mol. The number of ether oxygens (including phenoxy) is 3. The molecule has 0 aliphatic rings. The quantitative estimate of drug-likeness (QED) is 0.604. The maximum atomic E-state index is 11.2. The minimum absolute atomic E-state index is 0.0220. The van der Waals surface area contributed by atoms with E-state index in [1.165, 1.54) is 20.8 Å². The molecule has 0 bridgehead atoms. The van der Waals surface area contributed by atoms with Gasteiger partial charge in [-0.05, 0) is 0 Å². The molecule has 0 N–H and O–H groups in total. The molecule has 0 unspecified atom stereocenters. The Bertz CT molecular complexity index is 484. The van der Waals surface area contributed by atoms with E-state index < -0.39 is 17.9 Å². The Balaban J connectivity index is 3.02. The summed E-state index contributed by atoms with van der Waals surface area (Å²) in [6, 6.07) is 5.03. The van der Waals surface area contributed by atoms with Gasteiger partial charge >= 0.3 is 17.9 Å². The Morgan fingerprint density at radius 2 is 1.30 bits per heavy atom. The van der Waals surface area contributed by atoms with Gasteiger partial charge in [0.25, 0.3) is 0 Å². The molecule has 0 aliphatic carbocycles. The zero-order valence-corrected chi connectivity index (χ0v) is 11.6. The number of carbonyl (C=O) groups excluding carboxylic acids is 3. The first-order valence-electron chi connectivity index (χ1n) is 5.96. The van der Waals surface area contributed by atoms with E-state index in [2.05, 4.69) is 0 Å². The molecule has 1 rings (SSSR count). The molecule has 6 nitrogen and oxygen atoms in total. The minimum Gasteiger partial charge on any atom is -0.461 e. The zero-order chi connectivity index (χ0) is 15.1. The van der Waals surface area contributed by atoms with E-state index >= 15 is 0 Å². The summed E-state index contributed by atoms with van der Waals surface area (Å²) in [4.78, 5) is 32.9. The van der Waals surface area contributed by atoms with Crippen molar-refractivity contribution in [2.45, 2.75) is 34.0 Å². The second-order valence-corrected chi connectivity index (χ2v) is 4.06. The summed E-state index contributed by atoms with van der Waals surface area (Å²) in [5, 5.41) is 0. The highest BCUT2D eigenvalue weighted by Crippen LogP contribution is 2.26. The fourth-order valence-electron chi connectivity index (χ4n) is 1.50. The van der Waals surface area contributed by atoms with Gasteiger partial charge in [0.2, 0.25) is 0 Å². The molecular formula is C14H16O6. The van der Waals surface area contributed by atoms with Crippen molar-refractivity contribution >= 4 is 17.9 Å². The van der Waals surface area contributed by atoms with Gasteiger partial charge in [-0.2, -0.15) is 0 Å². The fourth-order valence-corrected chi connectivity index (χ4v) is 1.50. The van der Waals surface area contributed by atoms with Crippen LogP contribution in [0.2, 0.25) is 0 Å². The lowest BCUT2D eigenvalue weighted by Crippen LogP contribution is -2.10. The molecule has 6 heteroatoms. The van der Waals surface area contributed by atoms with Crippen LogP contribution in [0.25, 0.3) is 0 Å². The fraction of sp³-hybridized carbons (Fsp3) is 0.357. The smallest absolute Gasteiger partial charge is 0.308 e. The molecule has 108 valence electrons. The molecular weight excluding hydrogens is 264 g/mol. The van der Waals surface area contributed by atoms with Gasteiger partial charge in [0, 0.05) is 31.9 Å². The lowest BCUT2D eigenvalue weighted by atomic mass is 10.1. The first-order chi connectivity index (χ1) is 9.40. The Hall–Kier alpha value is -2.37. The second-order valence-electron chi connectivity index (χ2n) is 4.06. The van der Waals surface area contributed by atoms with Gasteiger partial charge in [0.1, 0.15) is 19.0 Å². The summed E-state index contributed by atoms with van der Waals surface area (Å²) in [6.45, 7) is 3.79. The van der Waals surface area contributed by atoms with Crippen LogP contribution in [0, 0.1) is 0 Å². The highest BCUT2D eigenvalue weighted by atomic mass is 16.6. The molecule has 0 fully saturated rings. The average Bonchev–Trinajstić information content (AvgIpc) is 2.34. The van der Waals surface area contributed by atoms with Crippen LogP contribution in [-0.4, -0.2) is 17.9 Å². The number of esters is 3. The number of carbonyl (C=O) groups is 3. The van der Waals surface area contributed by atoms with Gasteiger partial charge in [0.05, 0.1) is 0 Å². The average molecular weight is 280 g/mol. The largest absolute Gasteiger partial charge is 0.461 e. The minimum atomic E-state index is -0.510. The van der Waals surface area contributed by atoms with Crippen LogP contribution >= 0.6 is 0 Å². The predicted molar refractivity (Wildman–Crippen MR) is 68.7 cm³/mol. The number of hydrogen-bond acceptors (Lipinski definition) is 6. The summed E-state index contributed by atoms with van der Waals surface area (Å²) < 4.78 is 14.9. The molecule has 0 aromatic heterocycles. The molecule has 20 heavy (non-hydrogen) atoms. The van der Waals surface area contributed by atoms with Crippen molar-refractivity contribution in [3.8, 4) is 5.75 Å². The highest BCUT2D eigenvalue weighted by molar-refractivity contribution is 5.71. The standard InChI is InChI=1S/C14H16O6/c1-9(15)18-7-12-5-4-6-13(8-19-10(2)16)14(12)20-11(3)17/h4-6H,7-8H2,1-3H3. The molecule has 0 atom stereocenters. The van der Waals surface area contributed by atoms with Crippen LogP contribution in [0.4, 0.5) is 0 Å². The van der Waals surface area contributed by atoms with Crippen LogP contribution in [-0.2, 0) is 37.1 Å². The topological polar surface area (TPSA) is 78.9 Å². The molecule has 0 amide bonds. The third kappa shape index (κ3) is 5.09. The first-order valence-corrected chi connectivity index (χ1v) is 5.96. The number of benzene rings is 1. The van der Waals surface area contributed by atoms with E-state index in [9.17, 15) is 14.4 Å². The molecule has 0 saturated heterocycles. The van der Waals surface area contributed by atoms with Crippen molar-refractivity contribution < 1.29 is 28.6 Å². The van der Waals surface area contributed by atoms with Crippen molar-refractivity contribution in [1.82, 2.24) is 0 Å². The van der Waals surface area contributed by atoms with E-state index in [-0.39, 0.29) is 19.0 Å². The molecule has 0 spiro atoms. The SMILES string of the molecule is CC(=O)OCc1cccc(COC(C)=O)c1OC(C)=O. The molecule has 0 radical (unpaired) electrons. The maximum absolute atomic E-state index is 11.2. The molecule has 1 aromatic carbocycles. The van der Waals surface area contributed by atoms with E-state index in [0.717, 1.165) is 0 Å². The second kappa shape index (κ2) is 7.28. The molecule has 0 aliphatic heterocycles. The molecule has 0 saturated carbocycles. The number of rotatable bonds is 5. The lowest BCUT2D eigenvalue weighted by molar-refractivity contribution is -0.142. The molecule has 0 heterocycles. The Labute approximate surface area is 116 Å². The summed E-state index contributed by atoms with van der Waals surface area (Å²) in [5.74, 6) is -1.14. The first kappa shape index (κ1) is 15.7. The van der Waals surface area contributed by atoms with Crippen LogP contribution in [0.3, 0.4) is 0 Å². The Kier molecular flexibility index (Phi) is 5.71. The van der Waals surface area contributed by atoms with E-state index in [0.29, 0.717) is 11.1 Å². The third-order valence-corrected chi connectivity index (χ3v) is 2.29. The van der Waals surface area contributed by atoms with E-state index in [1.807, 2.05) is 0 Å². The lowest BCUT2D eigenvalue weighted by Gasteiger charge is -2.13. The summed E-state index contributed by atoms with van der Waals surface area (Å²) in [5.41, 5.74) is 1.06. The Morgan fingerprint density at radius 1 is 0.850 bits per heavy atom. The van der Waals surface area contributed by atoms with Crippen LogP contribution in [0.1, 0.15) is 31.9 Å². The van der Waals surface area contributed by atoms with Crippen molar-refractivity contribution in [3.05, 3.63) is 29.3 Å². The van der Waals surface area contributed by atoms with Gasteiger partial charge in [-0.1, -0.05) is 18.2 Å². The number of para-hydroxylation sites is 1. The van der Waals surface area contributed by atoms with Crippen molar-refractivity contribution in [1.29, 1.82) is 0 Å². The maximum Gasteiger partial charge on any atom is 0.308 e. The Morgan fingerprint density at radius 3 is 1.65 bits per heavy atom. The van der Waals surface area contributed by atoms with Gasteiger partial charge in [-0.25, -0.2) is 0 Å². The summed E-state index contributed by atoms with van der Waals surface area (Å²) in [7, 11) is 0. The van der Waals surface area contributed by atoms with Gasteiger partial charge in [0.15, 0.2) is 0 Å². The summed E-state index contributed by atoms with van der Waals surface area (Å²) >= 11 is 0. The highest BCUT2D eigenvalue weighted by Gasteiger charge is 2.14. The van der Waals surface area contributed by atoms with Crippen molar-refractivity contribution in [2.75, 3.05) is 0 Å². The predicted octanol–water partition coefficient (Wildman–Crippen LogP) is 1.74. The molecule has 1 aromatic rings. The third-order valence-electron chi connectivity index (χ3n) is 2.29. The van der Waals surface area contributed by atoms with Crippen molar-refractivity contribution in [3.63, 3.8) is 0 Å². The summed E-state index contributed by atoms with van der Waals surface area (Å²) in [6.07, 6.45) is 0. The number of hydrogen-bond donors (Lipinski definition) is 0. The normalized spacial score (nSPS) is 9.75. The van der Waals surface area contributed by atoms with E-state index in [4.69, 9.17) is 14.2 Å². The van der Waals surface area contributed by atoms with Crippen LogP contribution in [0.5, 0.6) is 5.75 Å². The van der Waals surface area contributed by atoms with Crippen molar-refractivity contribution in [2.24, 2.45) is 0 Å². The van der Waals surface area contributed by atoms with E-state index in [1.54, 1.807) is 18.2 Å². The van der Waals surface area contributed by atoms with Crippen LogP contribution in [0.15, 0.2) is 18.2 Å². The zero-order valence-electron chi connectivity index (χ0n) is 11.6. The van der Waals surface area contributed by atoms with Gasteiger partial charge < -0.3 is 14.2 Å². The van der Waals surface area contributed by atoms with Crippen LogP contribution < -0.4 is 4.74 Å². The van der Waals surface area contributed by atoms with Gasteiger partial charge in [-0.3, -0.25) is 14.4 Å². The van der Waals surface area contributed by atoms with Gasteiger partial charge in [-0.15, -0.1) is 0 Å².